The lowest BCUT2D eigenvalue weighted by Crippen LogP contribution is -2.34. The highest BCUT2D eigenvalue weighted by Gasteiger charge is 2.43. The minimum atomic E-state index is -0.0288. The molecule has 0 radical (unpaired) electrons. The Balaban J connectivity index is 1.14. The van der Waals surface area contributed by atoms with Crippen LogP contribution in [-0.2, 0) is 22.4 Å². The average molecular weight is 1310 g/mol. The zero-order valence-corrected chi connectivity index (χ0v) is 57.2. The monoisotopic (exact) mass is 1310 g/mol. The van der Waals surface area contributed by atoms with E-state index in [2.05, 4.69) is 156 Å². The van der Waals surface area contributed by atoms with E-state index in [9.17, 15) is 0 Å². The number of anilines is 2. The molecule has 0 saturated carbocycles. The number of aryl methyl sites for hydroxylation is 2. The van der Waals surface area contributed by atoms with Crippen molar-refractivity contribution in [1.29, 1.82) is 0 Å². The van der Waals surface area contributed by atoms with E-state index < -0.39 is 0 Å². The number of rotatable bonds is 38. The summed E-state index contributed by atoms with van der Waals surface area (Å²) in [5.74, 6) is 0.662. The van der Waals surface area contributed by atoms with Crippen LogP contribution in [0.1, 0.15) is 244 Å². The highest BCUT2D eigenvalue weighted by molar-refractivity contribution is 9.11. The van der Waals surface area contributed by atoms with Crippen LogP contribution in [0.5, 0.6) is 0 Å². The second kappa shape index (κ2) is 33.7. The lowest BCUT2D eigenvalue weighted by molar-refractivity contribution is -0.114. The van der Waals surface area contributed by atoms with Crippen LogP contribution in [0.4, 0.5) is 11.4 Å². The fourth-order valence-electron chi connectivity index (χ4n) is 12.6. The molecule has 0 N–H and O–H groups in total. The molecule has 0 saturated heterocycles. The minimum Gasteiger partial charge on any atom is -0.307 e. The number of fused-ring (bicyclic) bond motifs is 2. The summed E-state index contributed by atoms with van der Waals surface area (Å²) in [5, 5.41) is 0. The van der Waals surface area contributed by atoms with E-state index >= 15 is 9.59 Å². The average Bonchev–Trinajstić information content (AvgIpc) is 4.53. The molecule has 6 aromatic rings. The number of hydrogen-bond donors (Lipinski definition) is 0. The fourth-order valence-corrected chi connectivity index (χ4v) is 18.0. The van der Waals surface area contributed by atoms with Crippen molar-refractivity contribution in [3.63, 3.8) is 0 Å². The fraction of sp³-hybridized carbons (Fsp3) is 0.556. The van der Waals surface area contributed by atoms with Crippen LogP contribution < -0.4 is 9.80 Å². The van der Waals surface area contributed by atoms with Crippen LogP contribution >= 0.6 is 77.2 Å². The Morgan fingerprint density at radius 2 is 0.744 bits per heavy atom. The molecule has 8 rings (SSSR count). The highest BCUT2D eigenvalue weighted by atomic mass is 79.9. The number of halogens is 2. The smallest absolute Gasteiger partial charge is 0.259 e. The Bertz CT molecular complexity index is 2790. The predicted octanol–water partition coefficient (Wildman–Crippen LogP) is 25.1. The van der Waals surface area contributed by atoms with E-state index in [1.807, 2.05) is 45.3 Å². The standard InChI is InChI=1S/C72H96Br2N2O2S4/c1-7-13-17-19-21-23-25-27-29-31-35-55-47-63(81-69(55)61-41-43-65(73)79-61)53-37-39-57-59(45-53)75(49-51(11-5)33-15-9-3)71(77)67(57)68-58-40-38-54(46-60(58)76(72(68)78)50-52(12-6)34-16-10-4)64-48-56(70(82-64)62-42-44-66(74)80-62)36-32-30-28-26-24-22-20-18-14-8-2/h37-48,51-52H,7-36,49-50H2,1-6H3/b68-67+. The molecule has 2 atom stereocenters. The van der Waals surface area contributed by atoms with Crippen molar-refractivity contribution in [2.75, 3.05) is 22.9 Å². The van der Waals surface area contributed by atoms with Crippen LogP contribution in [0.15, 0.2) is 80.4 Å². The van der Waals surface area contributed by atoms with Crippen LogP contribution in [-0.4, -0.2) is 24.9 Å². The summed E-state index contributed by atoms with van der Waals surface area (Å²) < 4.78 is 2.30. The molecule has 0 spiro atoms. The Morgan fingerprint density at radius 1 is 0.390 bits per heavy atom. The van der Waals surface area contributed by atoms with Crippen molar-refractivity contribution < 1.29 is 9.59 Å². The van der Waals surface area contributed by atoms with Gasteiger partial charge in [-0.1, -0.05) is 220 Å². The van der Waals surface area contributed by atoms with Gasteiger partial charge in [0.25, 0.3) is 11.8 Å². The summed E-state index contributed by atoms with van der Waals surface area (Å²) in [6.07, 6.45) is 37.4. The molecule has 10 heteroatoms. The third-order valence-corrected chi connectivity index (χ3v) is 23.7. The Kier molecular flexibility index (Phi) is 26.7. The summed E-state index contributed by atoms with van der Waals surface area (Å²) in [6.45, 7) is 15.0. The van der Waals surface area contributed by atoms with Gasteiger partial charge in [0.2, 0.25) is 0 Å². The minimum absolute atomic E-state index is 0.0288. The molecule has 2 unspecified atom stereocenters. The van der Waals surface area contributed by atoms with Gasteiger partial charge in [-0.2, -0.15) is 0 Å². The normalized spacial score (nSPS) is 14.9. The molecule has 0 aliphatic carbocycles. The first-order valence-corrected chi connectivity index (χ1v) is 37.4. The van der Waals surface area contributed by atoms with Crippen molar-refractivity contribution in [3.05, 3.63) is 103 Å². The van der Waals surface area contributed by atoms with Crippen molar-refractivity contribution in [2.24, 2.45) is 11.8 Å². The van der Waals surface area contributed by atoms with Gasteiger partial charge in [-0.3, -0.25) is 9.59 Å². The molecule has 82 heavy (non-hydrogen) atoms. The maximum Gasteiger partial charge on any atom is 0.259 e. The molecule has 0 bridgehead atoms. The molecule has 444 valence electrons. The summed E-state index contributed by atoms with van der Waals surface area (Å²) >= 11 is 15.0. The number of amides is 2. The van der Waals surface area contributed by atoms with Gasteiger partial charge in [-0.05, 0) is 153 Å². The largest absolute Gasteiger partial charge is 0.307 e. The quantitative estimate of drug-likeness (QED) is 0.0286. The van der Waals surface area contributed by atoms with Gasteiger partial charge < -0.3 is 9.80 Å². The maximum absolute atomic E-state index is 15.7. The molecule has 2 aliphatic heterocycles. The van der Waals surface area contributed by atoms with E-state index in [4.69, 9.17) is 0 Å². The van der Waals surface area contributed by atoms with Gasteiger partial charge in [-0.25, -0.2) is 0 Å². The number of benzene rings is 2. The lowest BCUT2D eigenvalue weighted by Gasteiger charge is -2.24. The highest BCUT2D eigenvalue weighted by Crippen LogP contribution is 2.52. The van der Waals surface area contributed by atoms with Crippen LogP contribution in [0.3, 0.4) is 0 Å². The summed E-state index contributed by atoms with van der Waals surface area (Å²) in [5.41, 5.74) is 9.98. The van der Waals surface area contributed by atoms with E-state index in [0.717, 1.165) is 105 Å². The summed E-state index contributed by atoms with van der Waals surface area (Å²) in [6, 6.07) is 27.2. The van der Waals surface area contributed by atoms with Crippen molar-refractivity contribution >= 4 is 112 Å². The summed E-state index contributed by atoms with van der Waals surface area (Å²) in [4.78, 5) is 43.4. The number of nitrogens with zero attached hydrogens (tertiary/aromatic N) is 2. The Morgan fingerprint density at radius 3 is 1.07 bits per heavy atom. The van der Waals surface area contributed by atoms with Gasteiger partial charge in [0, 0.05) is 53.5 Å². The molecule has 6 heterocycles. The van der Waals surface area contributed by atoms with E-state index in [0.29, 0.717) is 36.1 Å². The Labute approximate surface area is 528 Å². The number of unbranched alkanes of at least 4 members (excludes halogenated alkanes) is 20. The van der Waals surface area contributed by atoms with Crippen molar-refractivity contribution in [2.45, 2.75) is 234 Å². The zero-order valence-electron chi connectivity index (χ0n) is 50.8. The van der Waals surface area contributed by atoms with Crippen LogP contribution in [0.25, 0.3) is 51.5 Å². The number of thiophene rings is 4. The number of carbonyl (C=O) groups is 2. The second-order valence-corrected chi connectivity index (χ2v) is 30.9. The maximum atomic E-state index is 15.7. The number of hydrogen-bond acceptors (Lipinski definition) is 6. The van der Waals surface area contributed by atoms with E-state index in [1.165, 1.54) is 169 Å². The first-order valence-electron chi connectivity index (χ1n) is 32.5. The first kappa shape index (κ1) is 64.9. The lowest BCUT2D eigenvalue weighted by atomic mass is 9.94. The van der Waals surface area contributed by atoms with Crippen LogP contribution in [0, 0.1) is 11.8 Å². The topological polar surface area (TPSA) is 40.6 Å². The second-order valence-electron chi connectivity index (χ2n) is 23.9. The zero-order chi connectivity index (χ0) is 57.8. The first-order chi connectivity index (χ1) is 40.1. The van der Waals surface area contributed by atoms with Crippen LogP contribution in [0.2, 0.25) is 0 Å². The Hall–Kier alpha value is -3.12. The predicted molar refractivity (Wildman–Crippen MR) is 371 cm³/mol. The third kappa shape index (κ3) is 17.1. The van der Waals surface area contributed by atoms with Crippen molar-refractivity contribution in [1.82, 2.24) is 0 Å². The number of carbonyl (C=O) groups excluding carboxylic acids is 2. The molecular formula is C72H96Br2N2O2S4. The van der Waals surface area contributed by atoms with Crippen molar-refractivity contribution in [3.8, 4) is 40.4 Å². The van der Waals surface area contributed by atoms with Gasteiger partial charge in [0.15, 0.2) is 0 Å². The third-order valence-electron chi connectivity index (χ3n) is 17.6. The molecule has 4 nitrogen and oxygen atoms in total. The van der Waals surface area contributed by atoms with Gasteiger partial charge in [0.1, 0.15) is 0 Å². The SMILES string of the molecule is CCCCCCCCCCCCc1cc(-c2ccc3c(c2)N(CC(CC)CCCC)C(=O)/C3=C2/C(=O)N(CC(CC)CCCC)c3cc(-c4cc(CCCCCCCCCCCC)c(-c5ccc(Br)s5)s4)ccc32)sc1-c1ccc(Br)s1. The molecule has 2 amide bonds. The van der Waals surface area contributed by atoms with E-state index in [-0.39, 0.29) is 11.8 Å². The molecule has 2 aromatic carbocycles. The van der Waals surface area contributed by atoms with Gasteiger partial charge in [0.05, 0.1) is 30.1 Å². The molecular weight excluding hydrogens is 1210 g/mol. The molecule has 2 aliphatic rings. The van der Waals surface area contributed by atoms with E-state index in [1.54, 1.807) is 0 Å². The van der Waals surface area contributed by atoms with Gasteiger partial charge in [-0.15, -0.1) is 45.3 Å². The molecule has 4 aromatic heterocycles. The molecule has 0 fully saturated rings. The van der Waals surface area contributed by atoms with Gasteiger partial charge >= 0.3 is 0 Å². The summed E-state index contributed by atoms with van der Waals surface area (Å²) in [7, 11) is 0.